The number of phosphoric ester groups is 1. The first-order chi connectivity index (χ1) is 24.8. The minimum Gasteiger partial charge on any atom is -0.508 e. The molecule has 3 amide bonds. The fourth-order valence-electron chi connectivity index (χ4n) is 5.77. The molecule has 1 aliphatic heterocycles. The summed E-state index contributed by atoms with van der Waals surface area (Å²) in [5.74, 6) is -1.40. The van der Waals surface area contributed by atoms with Gasteiger partial charge in [0.2, 0.25) is 5.91 Å². The van der Waals surface area contributed by atoms with E-state index in [0.29, 0.717) is 52.4 Å². The predicted molar refractivity (Wildman–Crippen MR) is 187 cm³/mol. The molecule has 0 saturated carbocycles. The molecule has 1 aliphatic rings. The van der Waals surface area contributed by atoms with E-state index in [1.807, 2.05) is 22.8 Å². The minimum atomic E-state index is -4.88. The molecule has 52 heavy (non-hydrogen) atoms. The van der Waals surface area contributed by atoms with Crippen LogP contribution in [-0.2, 0) is 52.7 Å². The van der Waals surface area contributed by atoms with Gasteiger partial charge in [-0.05, 0) is 49.1 Å². The quantitative estimate of drug-likeness (QED) is 0.0559. The number of nitrogens with zero attached hydrogens (tertiary/aromatic N) is 4. The molecule has 0 bridgehead atoms. The van der Waals surface area contributed by atoms with Crippen molar-refractivity contribution in [1.29, 1.82) is 0 Å². The van der Waals surface area contributed by atoms with Crippen LogP contribution in [0.1, 0.15) is 68.8 Å². The van der Waals surface area contributed by atoms with Gasteiger partial charge in [0.25, 0.3) is 11.8 Å². The lowest BCUT2D eigenvalue weighted by Crippen LogP contribution is -2.32. The number of imidazole rings is 1. The Morgan fingerprint density at radius 3 is 2.50 bits per heavy atom. The number of phenols is 1. The maximum Gasteiger partial charge on any atom is 0.524 e. The van der Waals surface area contributed by atoms with Gasteiger partial charge in [0.05, 0.1) is 30.8 Å². The zero-order valence-electron chi connectivity index (χ0n) is 28.6. The Kier molecular flexibility index (Phi) is 12.4. The highest BCUT2D eigenvalue weighted by atomic mass is 31.2. The van der Waals surface area contributed by atoms with Gasteiger partial charge >= 0.3 is 13.8 Å². The van der Waals surface area contributed by atoms with E-state index in [9.17, 15) is 38.6 Å². The molecule has 2 aromatic carbocycles. The molecule has 1 fully saturated rings. The number of rotatable bonds is 18. The lowest BCUT2D eigenvalue weighted by Gasteiger charge is -2.16. The number of aromatic hydroxyl groups is 1. The molecule has 0 unspecified atom stereocenters. The van der Waals surface area contributed by atoms with Crippen molar-refractivity contribution in [2.75, 3.05) is 25.5 Å². The maximum atomic E-state index is 12.1. The number of benzene rings is 2. The summed E-state index contributed by atoms with van der Waals surface area (Å²) < 4.78 is 24.2. The highest BCUT2D eigenvalue weighted by Crippen LogP contribution is 2.41. The summed E-state index contributed by atoms with van der Waals surface area (Å²) in [4.78, 5) is 80.2. The monoisotopic (exact) mass is 740 g/mol. The number of unbranched alkanes of at least 4 members (excludes halogenated alkanes) is 1. The van der Waals surface area contributed by atoms with Crippen molar-refractivity contribution in [3.8, 4) is 11.5 Å². The molecule has 5 rings (SSSR count). The van der Waals surface area contributed by atoms with Crippen LogP contribution in [-0.4, -0.2) is 77.9 Å². The summed E-state index contributed by atoms with van der Waals surface area (Å²) in [5, 5.41) is 14.2. The lowest BCUT2D eigenvalue weighted by atomic mass is 10.1. The third-order valence-corrected chi connectivity index (χ3v) is 8.71. The van der Waals surface area contributed by atoms with Crippen LogP contribution in [0.3, 0.4) is 0 Å². The first-order valence-corrected chi connectivity index (χ1v) is 18.4. The van der Waals surface area contributed by atoms with Crippen LogP contribution < -0.4 is 15.6 Å². The Labute approximate surface area is 298 Å². The maximum absolute atomic E-state index is 12.1. The van der Waals surface area contributed by atoms with Crippen LogP contribution in [0.15, 0.2) is 36.4 Å². The number of carbonyl (C=O) groups is 4. The molecule has 2 aromatic heterocycles. The number of fused-ring (bicyclic) bond motifs is 3. The molecule has 3 heterocycles. The van der Waals surface area contributed by atoms with Crippen LogP contribution >= 0.6 is 7.82 Å². The molecular formula is C34H41N6O11P. The third-order valence-electron chi connectivity index (χ3n) is 8.28. The largest absolute Gasteiger partial charge is 0.524 e. The Bertz CT molecular complexity index is 2010. The van der Waals surface area contributed by atoms with Crippen LogP contribution in [0, 0.1) is 0 Å². The minimum absolute atomic E-state index is 0.0111. The molecule has 1 saturated heterocycles. The highest BCUT2D eigenvalue weighted by molar-refractivity contribution is 7.46. The van der Waals surface area contributed by atoms with Gasteiger partial charge in [-0.25, -0.2) is 19.3 Å². The fraction of sp³-hybridized carbons (Fsp3) is 0.412. The number of anilines is 1. The average Bonchev–Trinajstić information content (AvgIpc) is 3.61. The van der Waals surface area contributed by atoms with E-state index in [0.717, 1.165) is 23.8 Å². The predicted octanol–water partition coefficient (Wildman–Crippen LogP) is 3.19. The Morgan fingerprint density at radius 2 is 1.77 bits per heavy atom. The van der Waals surface area contributed by atoms with E-state index in [-0.39, 0.29) is 75.0 Å². The van der Waals surface area contributed by atoms with Crippen molar-refractivity contribution < 1.29 is 52.7 Å². The molecule has 6 N–H and O–H groups in total. The number of amides is 3. The average molecular weight is 741 g/mol. The van der Waals surface area contributed by atoms with Crippen molar-refractivity contribution in [3.63, 3.8) is 0 Å². The molecule has 0 radical (unpaired) electrons. The Morgan fingerprint density at radius 1 is 1.00 bits per heavy atom. The van der Waals surface area contributed by atoms with Crippen molar-refractivity contribution in [3.05, 3.63) is 53.3 Å². The lowest BCUT2D eigenvalue weighted by molar-refractivity contribution is -0.197. The van der Waals surface area contributed by atoms with Gasteiger partial charge in [-0.2, -0.15) is 0 Å². The summed E-state index contributed by atoms with van der Waals surface area (Å²) in [6.07, 6.45) is 3.04. The number of aromatic nitrogens is 3. The van der Waals surface area contributed by atoms with E-state index in [1.54, 1.807) is 0 Å². The zero-order valence-corrected chi connectivity index (χ0v) is 29.5. The van der Waals surface area contributed by atoms with Gasteiger partial charge in [0.15, 0.2) is 5.82 Å². The summed E-state index contributed by atoms with van der Waals surface area (Å²) >= 11 is 0. The number of hydroxylamine groups is 2. The van der Waals surface area contributed by atoms with Gasteiger partial charge in [-0.1, -0.05) is 25.5 Å². The first kappa shape index (κ1) is 38.1. The number of hydrogen-bond donors (Lipinski definition) is 5. The number of phenolic OH excluding ortho intramolecular Hbond substituents is 1. The number of hydrogen-bond acceptors (Lipinski definition) is 12. The second-order valence-corrected chi connectivity index (χ2v) is 13.4. The van der Waals surface area contributed by atoms with Crippen LogP contribution in [0.4, 0.5) is 5.82 Å². The molecule has 18 heteroatoms. The number of nitrogens with one attached hydrogen (secondary N) is 1. The Hall–Kier alpha value is -5.09. The molecule has 0 aliphatic carbocycles. The SMILES string of the molecule is CCCCc1nc2c(N)nc3cc(CCOCCNC(=O)CCCC(=O)ON4C(=O)CCC4=O)ccc3c2n1Cc1cc(O)ccc1OP(=O)(O)O. The molecular weight excluding hydrogens is 699 g/mol. The number of ether oxygens (including phenoxy) is 1. The van der Waals surface area contributed by atoms with Gasteiger partial charge in [-0.15, -0.1) is 5.06 Å². The summed E-state index contributed by atoms with van der Waals surface area (Å²) in [5.41, 5.74) is 9.47. The number of pyridine rings is 1. The third kappa shape index (κ3) is 9.82. The topological polar surface area (TPSA) is 246 Å². The second kappa shape index (κ2) is 17.0. The highest BCUT2D eigenvalue weighted by Gasteiger charge is 2.32. The second-order valence-electron chi connectivity index (χ2n) is 12.2. The van der Waals surface area contributed by atoms with Crippen molar-refractivity contribution in [2.24, 2.45) is 0 Å². The molecule has 4 aromatic rings. The summed E-state index contributed by atoms with van der Waals surface area (Å²) in [6.45, 7) is 3.02. The van der Waals surface area contributed by atoms with Crippen LogP contribution in [0.2, 0.25) is 0 Å². The number of imide groups is 1. The molecule has 0 spiro atoms. The smallest absolute Gasteiger partial charge is 0.508 e. The van der Waals surface area contributed by atoms with E-state index >= 15 is 0 Å². The van der Waals surface area contributed by atoms with Gasteiger partial charge in [0.1, 0.15) is 22.8 Å². The van der Waals surface area contributed by atoms with Crippen molar-refractivity contribution >= 4 is 59.3 Å². The standard InChI is InChI=1S/C34H41N6O11P/c1-2-3-5-27-38-32-33(39(27)20-22-19-23(41)9-11-26(22)51-52(46,47)48)24-10-8-21(18-25(24)37-34(32)35)14-16-49-17-15-36-28(42)6-4-7-31(45)50-40-29(43)12-13-30(40)44/h8-11,18-19,41H,2-7,12-17,20H2,1H3,(H2,35,37)(H,36,42)(H2,46,47,48). The van der Waals surface area contributed by atoms with E-state index in [1.165, 1.54) is 18.2 Å². The van der Waals surface area contributed by atoms with E-state index in [4.69, 9.17) is 24.8 Å². The number of phosphoric acid groups is 1. The summed E-state index contributed by atoms with van der Waals surface area (Å²) in [6, 6.07) is 9.73. The Balaban J connectivity index is 1.18. The number of nitrogens with two attached hydrogens (primary N) is 1. The number of carbonyl (C=O) groups excluding carboxylic acids is 4. The van der Waals surface area contributed by atoms with Gasteiger partial charge in [0, 0.05) is 49.6 Å². The van der Waals surface area contributed by atoms with E-state index < -0.39 is 25.6 Å². The summed E-state index contributed by atoms with van der Waals surface area (Å²) in [7, 11) is -4.88. The molecule has 0 atom stereocenters. The molecule has 17 nitrogen and oxygen atoms in total. The van der Waals surface area contributed by atoms with Gasteiger partial charge in [-0.3, -0.25) is 24.2 Å². The fourth-order valence-corrected chi connectivity index (χ4v) is 6.21. The number of aryl methyl sites for hydroxylation is 1. The van der Waals surface area contributed by atoms with Crippen molar-refractivity contribution in [2.45, 2.75) is 71.3 Å². The number of nitrogen functional groups attached to an aromatic ring is 1. The van der Waals surface area contributed by atoms with Crippen LogP contribution in [0.5, 0.6) is 11.5 Å². The van der Waals surface area contributed by atoms with Crippen molar-refractivity contribution in [1.82, 2.24) is 24.9 Å². The normalized spacial score (nSPS) is 13.3. The molecule has 278 valence electrons. The first-order valence-electron chi connectivity index (χ1n) is 16.9. The van der Waals surface area contributed by atoms with Gasteiger partial charge < -0.3 is 34.8 Å². The van der Waals surface area contributed by atoms with E-state index in [2.05, 4.69) is 17.2 Å². The zero-order chi connectivity index (χ0) is 37.4. The van der Waals surface area contributed by atoms with Crippen LogP contribution in [0.25, 0.3) is 21.9 Å².